The van der Waals surface area contributed by atoms with Gasteiger partial charge in [0.05, 0.1) is 5.56 Å². The van der Waals surface area contributed by atoms with E-state index in [1.165, 1.54) is 0 Å². The van der Waals surface area contributed by atoms with E-state index in [1.807, 2.05) is 12.1 Å². The van der Waals surface area contributed by atoms with E-state index in [9.17, 15) is 9.59 Å². The minimum atomic E-state index is -0.785. The molecule has 0 radical (unpaired) electrons. The first-order valence-corrected chi connectivity index (χ1v) is 9.77. The molecule has 2 rings (SSSR count). The third-order valence-electron chi connectivity index (χ3n) is 3.49. The fourth-order valence-electron chi connectivity index (χ4n) is 2.55. The molecule has 1 aromatic rings. The van der Waals surface area contributed by atoms with Crippen LogP contribution in [0.2, 0.25) is 0 Å². The molecule has 0 spiro atoms. The lowest BCUT2D eigenvalue weighted by atomic mass is 9.94. The fraction of sp³-hybridized carbons (Fsp3) is 0.429. The molecule has 1 saturated heterocycles. The van der Waals surface area contributed by atoms with E-state index in [0.717, 1.165) is 29.1 Å². The molecule has 4 nitrogen and oxygen atoms in total. The maximum absolute atomic E-state index is 12.7. The van der Waals surface area contributed by atoms with Crippen molar-refractivity contribution in [1.29, 1.82) is 0 Å². The van der Waals surface area contributed by atoms with Crippen LogP contribution in [0.4, 0.5) is 0 Å². The standard InChI is InChI=1S/C14H14I3NO3/c15-9-5-10(13(17)11(16)6-9)14(21)18-3-1-2-8(7-18)4-12(19)20/h5-6,8H,1-4,7H2,(H,19,20). The summed E-state index contributed by atoms with van der Waals surface area (Å²) in [6.07, 6.45) is 1.91. The molecule has 1 heterocycles. The van der Waals surface area contributed by atoms with Gasteiger partial charge in [0.1, 0.15) is 0 Å². The number of aliphatic carboxylic acids is 1. The lowest BCUT2D eigenvalue weighted by molar-refractivity contribution is -0.138. The summed E-state index contributed by atoms with van der Waals surface area (Å²) in [7, 11) is 0. The second-order valence-corrected chi connectivity index (χ2v) is 8.59. The Morgan fingerprint density at radius 3 is 2.67 bits per heavy atom. The van der Waals surface area contributed by atoms with E-state index < -0.39 is 5.97 Å². The number of carboxylic acid groups (broad SMARTS) is 1. The Morgan fingerprint density at radius 1 is 1.29 bits per heavy atom. The van der Waals surface area contributed by atoms with Crippen molar-refractivity contribution in [2.45, 2.75) is 19.3 Å². The normalized spacial score (nSPS) is 18.6. The maximum atomic E-state index is 12.7. The monoisotopic (exact) mass is 625 g/mol. The molecule has 1 aliphatic rings. The van der Waals surface area contributed by atoms with Crippen LogP contribution in [-0.2, 0) is 4.79 Å². The number of hydrogen-bond donors (Lipinski definition) is 1. The number of nitrogens with zero attached hydrogens (tertiary/aromatic N) is 1. The van der Waals surface area contributed by atoms with E-state index >= 15 is 0 Å². The summed E-state index contributed by atoms with van der Waals surface area (Å²) >= 11 is 6.66. The van der Waals surface area contributed by atoms with Crippen LogP contribution in [0.5, 0.6) is 0 Å². The van der Waals surface area contributed by atoms with Gasteiger partial charge >= 0.3 is 5.97 Å². The van der Waals surface area contributed by atoms with Gasteiger partial charge in [0, 0.05) is 30.2 Å². The van der Waals surface area contributed by atoms with Crippen LogP contribution >= 0.6 is 67.8 Å². The predicted molar refractivity (Wildman–Crippen MR) is 105 cm³/mol. The Bertz CT molecular complexity index is 577. The van der Waals surface area contributed by atoms with Gasteiger partial charge in [-0.1, -0.05) is 0 Å². The number of carbonyl (C=O) groups is 2. The molecule has 1 N–H and O–H groups in total. The quantitative estimate of drug-likeness (QED) is 0.411. The van der Waals surface area contributed by atoms with Gasteiger partial charge < -0.3 is 10.0 Å². The lowest BCUT2D eigenvalue weighted by Gasteiger charge is -2.32. The highest BCUT2D eigenvalue weighted by molar-refractivity contribution is 14.1. The van der Waals surface area contributed by atoms with Crippen molar-refractivity contribution in [3.05, 3.63) is 28.4 Å². The minimum absolute atomic E-state index is 0.0194. The number of halogens is 3. The molecule has 21 heavy (non-hydrogen) atoms. The summed E-state index contributed by atoms with van der Waals surface area (Å²) in [4.78, 5) is 25.4. The van der Waals surface area contributed by atoms with Crippen molar-refractivity contribution in [3.63, 3.8) is 0 Å². The van der Waals surface area contributed by atoms with Gasteiger partial charge in [-0.3, -0.25) is 9.59 Å². The average molecular weight is 625 g/mol. The summed E-state index contributed by atoms with van der Waals surface area (Å²) in [6.45, 7) is 1.26. The Labute approximate surface area is 164 Å². The largest absolute Gasteiger partial charge is 0.481 e. The second-order valence-electron chi connectivity index (χ2n) is 5.11. The lowest BCUT2D eigenvalue weighted by Crippen LogP contribution is -2.40. The number of rotatable bonds is 3. The van der Waals surface area contributed by atoms with Gasteiger partial charge in [-0.15, -0.1) is 0 Å². The highest BCUT2D eigenvalue weighted by atomic mass is 127. The highest BCUT2D eigenvalue weighted by Gasteiger charge is 2.27. The minimum Gasteiger partial charge on any atom is -0.481 e. The van der Waals surface area contributed by atoms with Crippen LogP contribution in [0.3, 0.4) is 0 Å². The first-order valence-electron chi connectivity index (χ1n) is 6.54. The fourth-order valence-corrected chi connectivity index (χ4v) is 4.93. The van der Waals surface area contributed by atoms with Gasteiger partial charge in [-0.25, -0.2) is 0 Å². The van der Waals surface area contributed by atoms with E-state index in [4.69, 9.17) is 5.11 Å². The molecule has 7 heteroatoms. The molecule has 1 amide bonds. The number of piperidine rings is 1. The van der Waals surface area contributed by atoms with Gasteiger partial charge in [0.25, 0.3) is 5.91 Å². The van der Waals surface area contributed by atoms with E-state index in [1.54, 1.807) is 4.90 Å². The summed E-state index contributed by atoms with van der Waals surface area (Å²) in [5.74, 6) is -0.696. The molecule has 1 aliphatic heterocycles. The Morgan fingerprint density at radius 2 is 2.00 bits per heavy atom. The topological polar surface area (TPSA) is 57.6 Å². The smallest absolute Gasteiger partial charge is 0.303 e. The average Bonchev–Trinajstić information content (AvgIpc) is 2.41. The molecule has 0 bridgehead atoms. The number of hydrogen-bond acceptors (Lipinski definition) is 2. The zero-order valence-corrected chi connectivity index (χ0v) is 17.6. The number of amides is 1. The Kier molecular flexibility index (Phi) is 6.53. The number of benzene rings is 1. The SMILES string of the molecule is O=C(O)CC1CCCN(C(=O)c2cc(I)cc(I)c2I)C1. The van der Waals surface area contributed by atoms with Gasteiger partial charge in [-0.05, 0) is 98.7 Å². The maximum Gasteiger partial charge on any atom is 0.303 e. The van der Waals surface area contributed by atoms with Crippen LogP contribution in [-0.4, -0.2) is 35.0 Å². The van der Waals surface area contributed by atoms with E-state index in [-0.39, 0.29) is 18.2 Å². The molecular weight excluding hydrogens is 611 g/mol. The van der Waals surface area contributed by atoms with E-state index in [0.29, 0.717) is 13.1 Å². The van der Waals surface area contributed by atoms with Crippen LogP contribution in [0.15, 0.2) is 12.1 Å². The summed E-state index contributed by atoms with van der Waals surface area (Å²) < 4.78 is 3.08. The van der Waals surface area contributed by atoms with Gasteiger partial charge in [0.2, 0.25) is 0 Å². The van der Waals surface area contributed by atoms with Crippen molar-refractivity contribution in [1.82, 2.24) is 4.90 Å². The second kappa shape index (κ2) is 7.75. The molecule has 1 fully saturated rings. The van der Waals surface area contributed by atoms with Gasteiger partial charge in [0.15, 0.2) is 0 Å². The summed E-state index contributed by atoms with van der Waals surface area (Å²) in [5, 5.41) is 8.92. The Hall–Kier alpha value is 0.350. The molecule has 0 aliphatic carbocycles. The molecule has 114 valence electrons. The molecule has 1 atom stereocenters. The van der Waals surface area contributed by atoms with Crippen molar-refractivity contribution in [2.24, 2.45) is 5.92 Å². The predicted octanol–water partition coefficient (Wildman–Crippen LogP) is 3.83. The van der Waals surface area contributed by atoms with Crippen molar-refractivity contribution in [2.75, 3.05) is 13.1 Å². The zero-order chi connectivity index (χ0) is 15.6. The van der Waals surface area contributed by atoms with Crippen LogP contribution in [0, 0.1) is 16.6 Å². The van der Waals surface area contributed by atoms with Crippen molar-refractivity contribution in [3.8, 4) is 0 Å². The third-order valence-corrected chi connectivity index (χ3v) is 7.16. The number of carbonyl (C=O) groups excluding carboxylic acids is 1. The summed E-state index contributed by atoms with van der Waals surface area (Å²) in [6, 6.07) is 3.96. The van der Waals surface area contributed by atoms with Crippen LogP contribution in [0.1, 0.15) is 29.6 Å². The molecule has 0 aromatic heterocycles. The first-order chi connectivity index (χ1) is 9.88. The Balaban J connectivity index is 2.18. The molecular formula is C14H14I3NO3. The van der Waals surface area contributed by atoms with Gasteiger partial charge in [-0.2, -0.15) is 0 Å². The van der Waals surface area contributed by atoms with E-state index in [2.05, 4.69) is 67.8 Å². The molecule has 0 saturated carbocycles. The summed E-state index contributed by atoms with van der Waals surface area (Å²) in [5.41, 5.74) is 0.725. The molecule has 1 aromatic carbocycles. The number of carboxylic acids is 1. The molecule has 1 unspecified atom stereocenters. The van der Waals surface area contributed by atoms with Crippen LogP contribution in [0.25, 0.3) is 0 Å². The van der Waals surface area contributed by atoms with Crippen LogP contribution < -0.4 is 0 Å². The van der Waals surface area contributed by atoms with Crippen molar-refractivity contribution >= 4 is 79.6 Å². The third kappa shape index (κ3) is 4.66. The zero-order valence-electron chi connectivity index (χ0n) is 11.1. The first kappa shape index (κ1) is 17.7. The highest BCUT2D eigenvalue weighted by Crippen LogP contribution is 2.26. The van der Waals surface area contributed by atoms with Crippen molar-refractivity contribution < 1.29 is 14.7 Å². The number of likely N-dealkylation sites (tertiary alicyclic amines) is 1.